The van der Waals surface area contributed by atoms with Crippen LogP contribution in [0.15, 0.2) is 36.4 Å². The molecule has 0 heterocycles. The van der Waals surface area contributed by atoms with Crippen LogP contribution in [0.25, 0.3) is 11.1 Å². The molecule has 0 aliphatic rings. The van der Waals surface area contributed by atoms with Crippen LogP contribution in [0.3, 0.4) is 0 Å². The van der Waals surface area contributed by atoms with E-state index in [2.05, 4.69) is 83.3 Å². The summed E-state index contributed by atoms with van der Waals surface area (Å²) in [4.78, 5) is 0. The minimum absolute atomic E-state index is 0.567. The zero-order chi connectivity index (χ0) is 13.3. The highest BCUT2D eigenvalue weighted by Gasteiger charge is 2.08. The zero-order valence-electron chi connectivity index (χ0n) is 10.2. The maximum Gasteiger partial charge on any atom is 0.0423 e. The van der Waals surface area contributed by atoms with E-state index in [-0.39, 0.29) is 0 Å². The van der Waals surface area contributed by atoms with E-state index in [4.69, 9.17) is 11.6 Å². The fourth-order valence-corrected chi connectivity index (χ4v) is 3.46. The first-order valence-corrected chi connectivity index (χ1v) is 8.27. The number of hydrogen-bond acceptors (Lipinski definition) is 0. The molecule has 2 aromatic rings. The maximum atomic E-state index is 6.15. The van der Waals surface area contributed by atoms with E-state index in [1.807, 2.05) is 12.1 Å². The van der Waals surface area contributed by atoms with Gasteiger partial charge in [0.1, 0.15) is 0 Å². The van der Waals surface area contributed by atoms with Crippen LogP contribution in [0.5, 0.6) is 0 Å². The predicted octanol–water partition coefficient (Wildman–Crippen LogP) is 6.34. The first-order chi connectivity index (χ1) is 8.49. The highest BCUT2D eigenvalue weighted by atomic mass is 127. The second kappa shape index (κ2) is 6.09. The molecule has 0 aliphatic heterocycles. The summed E-state index contributed by atoms with van der Waals surface area (Å²) in [7, 11) is 0. The van der Waals surface area contributed by atoms with Crippen molar-refractivity contribution in [2.24, 2.45) is 0 Å². The van der Waals surface area contributed by atoms with Gasteiger partial charge < -0.3 is 0 Å². The van der Waals surface area contributed by atoms with Crippen molar-refractivity contribution >= 4 is 56.8 Å². The quantitative estimate of drug-likeness (QED) is 0.346. The number of benzene rings is 2. The molecule has 0 saturated carbocycles. The van der Waals surface area contributed by atoms with Crippen LogP contribution in [-0.2, 0) is 0 Å². The van der Waals surface area contributed by atoms with Gasteiger partial charge in [-0.15, -0.1) is 0 Å². The molecule has 0 atom stereocenters. The van der Waals surface area contributed by atoms with Gasteiger partial charge in [-0.25, -0.2) is 0 Å². The lowest BCUT2D eigenvalue weighted by molar-refractivity contribution is 0.867. The van der Waals surface area contributed by atoms with Crippen molar-refractivity contribution in [3.8, 4) is 11.1 Å². The first kappa shape index (κ1) is 14.6. The summed E-state index contributed by atoms with van der Waals surface area (Å²) in [6.45, 7) is 4.42. The molecular formula is C15H13ClI2. The third kappa shape index (κ3) is 3.20. The fourth-order valence-electron chi connectivity index (χ4n) is 1.81. The molecule has 0 bridgehead atoms. The van der Waals surface area contributed by atoms with E-state index >= 15 is 0 Å². The van der Waals surface area contributed by atoms with E-state index < -0.39 is 0 Å². The van der Waals surface area contributed by atoms with Gasteiger partial charge in [0, 0.05) is 12.2 Å². The van der Waals surface area contributed by atoms with Crippen molar-refractivity contribution in [2.45, 2.75) is 19.8 Å². The summed E-state index contributed by atoms with van der Waals surface area (Å²) in [6.07, 6.45) is 0. The normalized spacial score (nSPS) is 11.0. The summed E-state index contributed by atoms with van der Waals surface area (Å²) in [5.74, 6) is 0.567. The largest absolute Gasteiger partial charge is 0.0843 e. The zero-order valence-corrected chi connectivity index (χ0v) is 15.2. The van der Waals surface area contributed by atoms with Crippen LogP contribution < -0.4 is 0 Å². The average Bonchev–Trinajstić information content (AvgIpc) is 2.34. The molecule has 0 fully saturated rings. The third-order valence-electron chi connectivity index (χ3n) is 2.88. The van der Waals surface area contributed by atoms with Gasteiger partial charge in [0.25, 0.3) is 0 Å². The Kier molecular flexibility index (Phi) is 4.94. The standard InChI is InChI=1S/C15H13ClI2/c1-9(2)10-3-5-11(6-4-10)13-7-12(16)8-14(17)15(13)18/h3-9H,1-2H3. The first-order valence-electron chi connectivity index (χ1n) is 5.74. The van der Waals surface area contributed by atoms with Crippen LogP contribution in [-0.4, -0.2) is 0 Å². The number of hydrogen-bond donors (Lipinski definition) is 0. The Morgan fingerprint density at radius 2 is 1.61 bits per heavy atom. The predicted molar refractivity (Wildman–Crippen MR) is 96.4 cm³/mol. The van der Waals surface area contributed by atoms with E-state index in [0.717, 1.165) is 5.02 Å². The van der Waals surface area contributed by atoms with Crippen molar-refractivity contribution in [2.75, 3.05) is 0 Å². The van der Waals surface area contributed by atoms with Crippen molar-refractivity contribution in [1.29, 1.82) is 0 Å². The molecule has 2 rings (SSSR count). The topological polar surface area (TPSA) is 0 Å². The molecule has 2 aromatic carbocycles. The van der Waals surface area contributed by atoms with Crippen molar-refractivity contribution < 1.29 is 0 Å². The van der Waals surface area contributed by atoms with Gasteiger partial charge in [-0.05, 0) is 79.9 Å². The second-order valence-corrected chi connectivity index (χ2v) is 7.20. The lowest BCUT2D eigenvalue weighted by atomic mass is 9.99. The highest BCUT2D eigenvalue weighted by Crippen LogP contribution is 2.32. The molecule has 0 saturated heterocycles. The molecule has 0 radical (unpaired) electrons. The van der Waals surface area contributed by atoms with E-state index in [1.165, 1.54) is 23.8 Å². The Morgan fingerprint density at radius 1 is 1.00 bits per heavy atom. The lowest BCUT2D eigenvalue weighted by Gasteiger charge is -2.10. The number of rotatable bonds is 2. The van der Waals surface area contributed by atoms with Crippen LogP contribution in [0.4, 0.5) is 0 Å². The van der Waals surface area contributed by atoms with Gasteiger partial charge in [-0.3, -0.25) is 0 Å². The average molecular weight is 483 g/mol. The van der Waals surface area contributed by atoms with Gasteiger partial charge in [0.2, 0.25) is 0 Å². The Hall–Kier alpha value is 0.190. The molecule has 0 aromatic heterocycles. The van der Waals surface area contributed by atoms with E-state index in [9.17, 15) is 0 Å². The second-order valence-electron chi connectivity index (χ2n) is 4.53. The van der Waals surface area contributed by atoms with Gasteiger partial charge in [-0.1, -0.05) is 49.7 Å². The van der Waals surface area contributed by atoms with Crippen LogP contribution in [0, 0.1) is 7.14 Å². The highest BCUT2D eigenvalue weighted by molar-refractivity contribution is 14.1. The molecule has 0 N–H and O–H groups in total. The summed E-state index contributed by atoms with van der Waals surface area (Å²) < 4.78 is 2.46. The molecule has 0 unspecified atom stereocenters. The Balaban J connectivity index is 2.49. The molecule has 0 amide bonds. The SMILES string of the molecule is CC(C)c1ccc(-c2cc(Cl)cc(I)c2I)cc1. The minimum atomic E-state index is 0.567. The van der Waals surface area contributed by atoms with Crippen molar-refractivity contribution in [3.05, 3.63) is 54.1 Å². The maximum absolute atomic E-state index is 6.15. The Morgan fingerprint density at radius 3 is 2.17 bits per heavy atom. The Labute approximate surface area is 140 Å². The molecule has 18 heavy (non-hydrogen) atoms. The molecule has 0 aliphatic carbocycles. The molecule has 94 valence electrons. The van der Waals surface area contributed by atoms with E-state index in [1.54, 1.807) is 0 Å². The van der Waals surface area contributed by atoms with Crippen LogP contribution >= 0.6 is 56.8 Å². The summed E-state index contributed by atoms with van der Waals surface area (Å²) in [5.41, 5.74) is 3.80. The molecule has 0 spiro atoms. The smallest absolute Gasteiger partial charge is 0.0423 e. The molecule has 0 nitrogen and oxygen atoms in total. The third-order valence-corrected chi connectivity index (χ3v) is 6.14. The van der Waals surface area contributed by atoms with Gasteiger partial charge in [0.15, 0.2) is 0 Å². The van der Waals surface area contributed by atoms with Gasteiger partial charge in [-0.2, -0.15) is 0 Å². The summed E-state index contributed by atoms with van der Waals surface area (Å²) in [5, 5.41) is 0.794. The fraction of sp³-hybridized carbons (Fsp3) is 0.200. The summed E-state index contributed by atoms with van der Waals surface area (Å²) >= 11 is 10.9. The Bertz CT molecular complexity index is 559. The van der Waals surface area contributed by atoms with Crippen LogP contribution in [0.2, 0.25) is 5.02 Å². The number of halogens is 3. The monoisotopic (exact) mass is 482 g/mol. The van der Waals surface area contributed by atoms with Gasteiger partial charge >= 0.3 is 0 Å². The molecular weight excluding hydrogens is 469 g/mol. The lowest BCUT2D eigenvalue weighted by Crippen LogP contribution is -1.90. The minimum Gasteiger partial charge on any atom is -0.0843 e. The summed E-state index contributed by atoms with van der Waals surface area (Å²) in [6, 6.07) is 12.8. The van der Waals surface area contributed by atoms with Crippen molar-refractivity contribution in [3.63, 3.8) is 0 Å². The van der Waals surface area contributed by atoms with Gasteiger partial charge in [0.05, 0.1) is 0 Å². The van der Waals surface area contributed by atoms with Crippen molar-refractivity contribution in [1.82, 2.24) is 0 Å². The van der Waals surface area contributed by atoms with Crippen LogP contribution in [0.1, 0.15) is 25.3 Å². The molecule has 3 heteroatoms. The van der Waals surface area contributed by atoms with E-state index in [0.29, 0.717) is 5.92 Å².